The van der Waals surface area contributed by atoms with Crippen LogP contribution in [0, 0.1) is 54.1 Å². The molecule has 1 aromatic carbocycles. The van der Waals surface area contributed by atoms with Crippen molar-refractivity contribution in [2.75, 3.05) is 0 Å². The van der Waals surface area contributed by atoms with E-state index in [4.69, 9.17) is 4.74 Å². The maximum atomic E-state index is 14.1. The standard InChI is InChI=1S/C29H40F2O2/c1-3-4-5-6-20-8-9-25-18-24(15-14-23(25)17-20)21-10-12-22(13-11-21)29(32)33-26-16-7-19(2)27(30)28(26)31/h3-4,7,16,20-25H,5-6,8-15,17-18H2,1-2H3/b4-3+. The maximum Gasteiger partial charge on any atom is 0.314 e. The summed E-state index contributed by atoms with van der Waals surface area (Å²) in [6, 6.07) is 2.80. The van der Waals surface area contributed by atoms with Crippen molar-refractivity contribution in [3.05, 3.63) is 41.5 Å². The molecule has 4 rings (SSSR count). The molecule has 0 saturated heterocycles. The van der Waals surface area contributed by atoms with E-state index in [1.54, 1.807) is 0 Å². The van der Waals surface area contributed by atoms with Crippen molar-refractivity contribution in [3.8, 4) is 5.75 Å². The van der Waals surface area contributed by atoms with E-state index < -0.39 is 17.6 Å². The van der Waals surface area contributed by atoms with Gasteiger partial charge in [-0.15, -0.1) is 0 Å². The van der Waals surface area contributed by atoms with E-state index in [1.807, 2.05) is 0 Å². The molecule has 33 heavy (non-hydrogen) atoms. The highest BCUT2D eigenvalue weighted by Crippen LogP contribution is 2.49. The molecule has 0 bridgehead atoms. The number of esters is 1. The van der Waals surface area contributed by atoms with Gasteiger partial charge in [-0.25, -0.2) is 4.39 Å². The summed E-state index contributed by atoms with van der Waals surface area (Å²) in [7, 11) is 0. The molecule has 4 heteroatoms. The Hall–Kier alpha value is -1.71. The second-order valence-electron chi connectivity index (χ2n) is 11.0. The summed E-state index contributed by atoms with van der Waals surface area (Å²) in [5.41, 5.74) is 0.213. The third-order valence-electron chi connectivity index (χ3n) is 8.96. The zero-order chi connectivity index (χ0) is 23.4. The van der Waals surface area contributed by atoms with E-state index in [2.05, 4.69) is 19.1 Å². The van der Waals surface area contributed by atoms with E-state index >= 15 is 0 Å². The van der Waals surface area contributed by atoms with Crippen LogP contribution in [0.4, 0.5) is 8.78 Å². The smallest absolute Gasteiger partial charge is 0.314 e. The van der Waals surface area contributed by atoms with Crippen LogP contribution in [-0.4, -0.2) is 5.97 Å². The molecular weight excluding hydrogens is 418 g/mol. The molecule has 0 N–H and O–H groups in total. The molecule has 0 aliphatic heterocycles. The van der Waals surface area contributed by atoms with Gasteiger partial charge < -0.3 is 4.74 Å². The van der Waals surface area contributed by atoms with E-state index in [-0.39, 0.29) is 17.2 Å². The Morgan fingerprint density at radius 1 is 0.909 bits per heavy atom. The lowest BCUT2D eigenvalue weighted by Gasteiger charge is -2.45. The highest BCUT2D eigenvalue weighted by atomic mass is 19.2. The van der Waals surface area contributed by atoms with Crippen LogP contribution in [0.2, 0.25) is 0 Å². The van der Waals surface area contributed by atoms with Gasteiger partial charge in [0.05, 0.1) is 5.92 Å². The normalized spacial score (nSPS) is 32.5. The van der Waals surface area contributed by atoms with Crippen LogP contribution in [0.3, 0.4) is 0 Å². The largest absolute Gasteiger partial charge is 0.423 e. The highest BCUT2D eigenvalue weighted by Gasteiger charge is 2.39. The first-order chi connectivity index (χ1) is 16.0. The third-order valence-corrected chi connectivity index (χ3v) is 8.96. The summed E-state index contributed by atoms with van der Waals surface area (Å²) in [5.74, 6) is 1.37. The Morgan fingerprint density at radius 3 is 2.27 bits per heavy atom. The number of aryl methyl sites for hydroxylation is 1. The van der Waals surface area contributed by atoms with Crippen LogP contribution < -0.4 is 4.74 Å². The number of benzene rings is 1. The molecule has 0 spiro atoms. The number of hydrogen-bond donors (Lipinski definition) is 0. The minimum Gasteiger partial charge on any atom is -0.423 e. The third kappa shape index (κ3) is 5.87. The molecule has 182 valence electrons. The SMILES string of the molecule is C/C=C/CCC1CCC2CC(C3CCC(C(=O)Oc4ccc(C)c(F)c4F)CC3)CCC2C1. The molecule has 0 amide bonds. The second kappa shape index (κ2) is 11.1. The van der Waals surface area contributed by atoms with Gasteiger partial charge in [0, 0.05) is 0 Å². The number of hydrogen-bond acceptors (Lipinski definition) is 2. The van der Waals surface area contributed by atoms with E-state index in [1.165, 1.54) is 70.4 Å². The van der Waals surface area contributed by atoms with Crippen molar-refractivity contribution >= 4 is 5.97 Å². The van der Waals surface area contributed by atoms with Crippen molar-refractivity contribution in [1.82, 2.24) is 0 Å². The van der Waals surface area contributed by atoms with Crippen LogP contribution in [0.25, 0.3) is 0 Å². The Labute approximate surface area is 198 Å². The highest BCUT2D eigenvalue weighted by molar-refractivity contribution is 5.75. The number of allylic oxidation sites excluding steroid dienone is 2. The monoisotopic (exact) mass is 458 g/mol. The lowest BCUT2D eigenvalue weighted by Crippen LogP contribution is -2.35. The first kappa shape index (κ1) is 24.4. The average molecular weight is 459 g/mol. The quantitative estimate of drug-likeness (QED) is 0.244. The molecular formula is C29H40F2O2. The number of carbonyl (C=O) groups is 1. The zero-order valence-corrected chi connectivity index (χ0v) is 20.3. The summed E-state index contributed by atoms with van der Waals surface area (Å²) in [4.78, 5) is 12.6. The molecule has 0 aromatic heterocycles. The first-order valence-electron chi connectivity index (χ1n) is 13.2. The number of rotatable bonds is 6. The van der Waals surface area contributed by atoms with Crippen molar-refractivity contribution in [1.29, 1.82) is 0 Å². The molecule has 0 heterocycles. The maximum absolute atomic E-state index is 14.1. The van der Waals surface area contributed by atoms with Gasteiger partial charge in [-0.05, 0) is 126 Å². The van der Waals surface area contributed by atoms with Crippen LogP contribution in [-0.2, 0) is 4.79 Å². The van der Waals surface area contributed by atoms with Gasteiger partial charge in [0.1, 0.15) is 0 Å². The molecule has 4 atom stereocenters. The Bertz CT molecular complexity index is 840. The Kier molecular flexibility index (Phi) is 8.24. The summed E-state index contributed by atoms with van der Waals surface area (Å²) in [6.45, 7) is 3.61. The molecule has 3 fully saturated rings. The summed E-state index contributed by atoms with van der Waals surface area (Å²) >= 11 is 0. The van der Waals surface area contributed by atoms with E-state index in [9.17, 15) is 13.6 Å². The molecule has 3 aliphatic rings. The second-order valence-corrected chi connectivity index (χ2v) is 11.0. The van der Waals surface area contributed by atoms with Gasteiger partial charge in [-0.1, -0.05) is 24.6 Å². The fourth-order valence-corrected chi connectivity index (χ4v) is 6.94. The minimum absolute atomic E-state index is 0.200. The molecule has 0 radical (unpaired) electrons. The van der Waals surface area contributed by atoms with Crippen molar-refractivity contribution in [2.45, 2.75) is 90.9 Å². The fraction of sp³-hybridized carbons (Fsp3) is 0.690. The van der Waals surface area contributed by atoms with Crippen molar-refractivity contribution < 1.29 is 18.3 Å². The van der Waals surface area contributed by atoms with Gasteiger partial charge >= 0.3 is 5.97 Å². The van der Waals surface area contributed by atoms with E-state index in [0.717, 1.165) is 49.4 Å². The lowest BCUT2D eigenvalue weighted by molar-refractivity contribution is -0.140. The summed E-state index contributed by atoms with van der Waals surface area (Å²) in [5, 5.41) is 0. The van der Waals surface area contributed by atoms with Gasteiger partial charge in [0.2, 0.25) is 5.82 Å². The Morgan fingerprint density at radius 2 is 1.55 bits per heavy atom. The molecule has 3 aliphatic carbocycles. The molecule has 1 aromatic rings. The van der Waals surface area contributed by atoms with Crippen LogP contribution in [0.5, 0.6) is 5.75 Å². The van der Waals surface area contributed by atoms with E-state index in [0.29, 0.717) is 5.92 Å². The topological polar surface area (TPSA) is 26.3 Å². The first-order valence-corrected chi connectivity index (χ1v) is 13.2. The predicted octanol–water partition coefficient (Wildman–Crippen LogP) is 8.17. The lowest BCUT2D eigenvalue weighted by atomic mass is 9.60. The minimum atomic E-state index is -1.06. The van der Waals surface area contributed by atoms with Crippen LogP contribution in [0.1, 0.15) is 89.5 Å². The number of halogens is 2. The van der Waals surface area contributed by atoms with Gasteiger partial charge in [-0.2, -0.15) is 4.39 Å². The molecule has 3 saturated carbocycles. The van der Waals surface area contributed by atoms with Crippen molar-refractivity contribution in [3.63, 3.8) is 0 Å². The summed E-state index contributed by atoms with van der Waals surface area (Å²) in [6.07, 6.45) is 19.1. The van der Waals surface area contributed by atoms with Gasteiger partial charge in [0.15, 0.2) is 11.6 Å². The molecule has 2 nitrogen and oxygen atoms in total. The van der Waals surface area contributed by atoms with Crippen LogP contribution >= 0.6 is 0 Å². The number of carbonyl (C=O) groups excluding carboxylic acids is 1. The average Bonchev–Trinajstić information content (AvgIpc) is 2.84. The zero-order valence-electron chi connectivity index (χ0n) is 20.3. The fourth-order valence-electron chi connectivity index (χ4n) is 6.94. The molecule has 4 unspecified atom stereocenters. The Balaban J connectivity index is 1.23. The number of ether oxygens (including phenoxy) is 1. The summed E-state index contributed by atoms with van der Waals surface area (Å²) < 4.78 is 33.1. The number of fused-ring (bicyclic) bond motifs is 1. The predicted molar refractivity (Wildman–Crippen MR) is 128 cm³/mol. The van der Waals surface area contributed by atoms with Crippen LogP contribution in [0.15, 0.2) is 24.3 Å². The van der Waals surface area contributed by atoms with Gasteiger partial charge in [0.25, 0.3) is 0 Å². The van der Waals surface area contributed by atoms with Gasteiger partial charge in [-0.3, -0.25) is 4.79 Å². The van der Waals surface area contributed by atoms with Crippen molar-refractivity contribution in [2.24, 2.45) is 35.5 Å².